The zero-order valence-electron chi connectivity index (χ0n) is 19.8. The second-order valence-corrected chi connectivity index (χ2v) is 9.62. The molecular weight excluding hydrogens is 468 g/mol. The monoisotopic (exact) mass is 492 g/mol. The van der Waals surface area contributed by atoms with Gasteiger partial charge in [-0.25, -0.2) is 0 Å². The number of halogens is 1. The number of anilines is 2. The van der Waals surface area contributed by atoms with Crippen molar-refractivity contribution in [2.24, 2.45) is 0 Å². The number of piperidine rings is 1. The first kappa shape index (κ1) is 22.5. The molecule has 0 saturated carbocycles. The predicted octanol–water partition coefficient (Wildman–Crippen LogP) is 6.64. The lowest BCUT2D eigenvalue weighted by atomic mass is 9.99. The van der Waals surface area contributed by atoms with Crippen molar-refractivity contribution in [1.29, 1.82) is 0 Å². The highest BCUT2D eigenvalue weighted by molar-refractivity contribution is 6.35. The van der Waals surface area contributed by atoms with E-state index >= 15 is 0 Å². The van der Waals surface area contributed by atoms with Gasteiger partial charge in [0, 0.05) is 54.8 Å². The Balaban J connectivity index is 1.20. The fourth-order valence-electron chi connectivity index (χ4n) is 5.06. The van der Waals surface area contributed by atoms with E-state index in [0.29, 0.717) is 17.1 Å². The summed E-state index contributed by atoms with van der Waals surface area (Å²) in [5, 5.41) is 0.507. The smallest absolute Gasteiger partial charge is 0.260 e. The summed E-state index contributed by atoms with van der Waals surface area (Å²) < 4.78 is 0. The van der Waals surface area contributed by atoms with Crippen molar-refractivity contribution in [3.63, 3.8) is 0 Å². The lowest BCUT2D eigenvalue weighted by molar-refractivity contribution is 0.0997. The standard InChI is InChI=1S/C30H25ClN4O/c31-28-6-2-4-24-20-35(30(36)29(24)28)27-5-1-3-23(17-27)25-16-22(18-33-19-25)15-21-9-13-34(14-10-21)26-7-11-32-12-8-26/h1-8,11-12,15-19H,9-10,13-14,20H2. The molecule has 1 saturated heterocycles. The molecule has 0 aliphatic carbocycles. The minimum Gasteiger partial charge on any atom is -0.371 e. The molecule has 2 aromatic heterocycles. The molecule has 0 spiro atoms. The van der Waals surface area contributed by atoms with Crippen molar-refractivity contribution in [3.8, 4) is 11.1 Å². The number of hydrogen-bond acceptors (Lipinski definition) is 4. The van der Waals surface area contributed by atoms with Crippen LogP contribution in [0.4, 0.5) is 11.4 Å². The van der Waals surface area contributed by atoms with Crippen molar-refractivity contribution in [2.75, 3.05) is 22.9 Å². The number of carbonyl (C=O) groups excluding carboxylic acids is 1. The summed E-state index contributed by atoms with van der Waals surface area (Å²) in [6.07, 6.45) is 11.8. The zero-order chi connectivity index (χ0) is 24.5. The molecule has 0 N–H and O–H groups in total. The van der Waals surface area contributed by atoms with E-state index in [1.54, 1.807) is 11.0 Å². The molecule has 1 fully saturated rings. The van der Waals surface area contributed by atoms with Crippen molar-refractivity contribution in [2.45, 2.75) is 19.4 Å². The topological polar surface area (TPSA) is 49.3 Å². The van der Waals surface area contributed by atoms with Gasteiger partial charge in [-0.3, -0.25) is 14.8 Å². The summed E-state index contributed by atoms with van der Waals surface area (Å²) >= 11 is 6.31. The Morgan fingerprint density at radius 2 is 1.64 bits per heavy atom. The van der Waals surface area contributed by atoms with Crippen LogP contribution < -0.4 is 9.80 Å². The number of amides is 1. The summed E-state index contributed by atoms with van der Waals surface area (Å²) in [4.78, 5) is 25.9. The van der Waals surface area contributed by atoms with E-state index < -0.39 is 0 Å². The SMILES string of the molecule is O=C1c2c(Cl)cccc2CN1c1cccc(-c2cncc(C=C3CCN(c4ccncc4)CC3)c2)c1. The summed E-state index contributed by atoms with van der Waals surface area (Å²) in [5.41, 5.74) is 8.25. The number of fused-ring (bicyclic) bond motifs is 1. The van der Waals surface area contributed by atoms with Gasteiger partial charge in [0.1, 0.15) is 0 Å². The van der Waals surface area contributed by atoms with E-state index in [9.17, 15) is 4.79 Å². The summed E-state index contributed by atoms with van der Waals surface area (Å²) in [6.45, 7) is 2.53. The molecule has 0 bridgehead atoms. The third-order valence-electron chi connectivity index (χ3n) is 6.94. The molecule has 4 heterocycles. The van der Waals surface area contributed by atoms with Crippen LogP contribution in [-0.4, -0.2) is 29.0 Å². The molecule has 1 amide bonds. The van der Waals surface area contributed by atoms with E-state index in [4.69, 9.17) is 11.6 Å². The maximum absolute atomic E-state index is 13.1. The van der Waals surface area contributed by atoms with Crippen LogP contribution in [0.1, 0.15) is 34.3 Å². The first-order chi connectivity index (χ1) is 17.7. The average Bonchev–Trinajstić information content (AvgIpc) is 3.27. The molecule has 2 aromatic carbocycles. The summed E-state index contributed by atoms with van der Waals surface area (Å²) in [5.74, 6) is -0.0533. The number of hydrogen-bond donors (Lipinski definition) is 0. The van der Waals surface area contributed by atoms with Crippen LogP contribution in [0.15, 0.2) is 91.0 Å². The average molecular weight is 493 g/mol. The Bertz CT molecular complexity index is 1460. The highest BCUT2D eigenvalue weighted by Crippen LogP contribution is 2.34. The molecule has 0 atom stereocenters. The minimum absolute atomic E-state index is 0.0533. The lowest BCUT2D eigenvalue weighted by Gasteiger charge is -2.30. The van der Waals surface area contributed by atoms with E-state index in [0.717, 1.165) is 53.9 Å². The van der Waals surface area contributed by atoms with Crippen LogP contribution in [0.5, 0.6) is 0 Å². The number of rotatable bonds is 4. The van der Waals surface area contributed by atoms with Crippen LogP contribution in [0, 0.1) is 0 Å². The largest absolute Gasteiger partial charge is 0.371 e. The summed E-state index contributed by atoms with van der Waals surface area (Å²) in [7, 11) is 0. The molecule has 6 heteroatoms. The Morgan fingerprint density at radius 1 is 0.833 bits per heavy atom. The number of aromatic nitrogens is 2. The highest BCUT2D eigenvalue weighted by Gasteiger charge is 2.30. The van der Waals surface area contributed by atoms with Gasteiger partial charge in [-0.15, -0.1) is 0 Å². The lowest BCUT2D eigenvalue weighted by Crippen LogP contribution is -2.30. The Morgan fingerprint density at radius 3 is 2.44 bits per heavy atom. The fourth-order valence-corrected chi connectivity index (χ4v) is 5.34. The zero-order valence-corrected chi connectivity index (χ0v) is 20.5. The first-order valence-electron chi connectivity index (χ1n) is 12.1. The van der Waals surface area contributed by atoms with Gasteiger partial charge < -0.3 is 9.80 Å². The van der Waals surface area contributed by atoms with Crippen LogP contribution in [-0.2, 0) is 6.54 Å². The molecule has 36 heavy (non-hydrogen) atoms. The van der Waals surface area contributed by atoms with Gasteiger partial charge in [0.15, 0.2) is 0 Å². The van der Waals surface area contributed by atoms with Crippen molar-refractivity contribution < 1.29 is 4.79 Å². The molecular formula is C30H25ClN4O. The number of carbonyl (C=O) groups is 1. The molecule has 0 unspecified atom stereocenters. The van der Waals surface area contributed by atoms with Gasteiger partial charge in [0.2, 0.25) is 0 Å². The maximum Gasteiger partial charge on any atom is 0.260 e. The van der Waals surface area contributed by atoms with Crippen molar-refractivity contribution >= 4 is 35.0 Å². The van der Waals surface area contributed by atoms with E-state index in [1.807, 2.05) is 49.1 Å². The molecule has 5 nitrogen and oxygen atoms in total. The van der Waals surface area contributed by atoms with Crippen LogP contribution in [0.25, 0.3) is 17.2 Å². The van der Waals surface area contributed by atoms with E-state index in [2.05, 4.69) is 51.3 Å². The highest BCUT2D eigenvalue weighted by atomic mass is 35.5. The Labute approximate surface area is 215 Å². The molecule has 2 aliphatic rings. The molecule has 4 aromatic rings. The van der Waals surface area contributed by atoms with Gasteiger partial charge in [-0.1, -0.05) is 47.5 Å². The van der Waals surface area contributed by atoms with Crippen molar-refractivity contribution in [1.82, 2.24) is 9.97 Å². The van der Waals surface area contributed by atoms with Gasteiger partial charge in [0.25, 0.3) is 5.91 Å². The fraction of sp³-hybridized carbons (Fsp3) is 0.167. The molecule has 178 valence electrons. The second-order valence-electron chi connectivity index (χ2n) is 9.22. The number of pyridine rings is 2. The minimum atomic E-state index is -0.0533. The van der Waals surface area contributed by atoms with Gasteiger partial charge >= 0.3 is 0 Å². The van der Waals surface area contributed by atoms with Crippen LogP contribution in [0.3, 0.4) is 0 Å². The van der Waals surface area contributed by atoms with E-state index in [1.165, 1.54) is 11.3 Å². The molecule has 2 aliphatic heterocycles. The quantitative estimate of drug-likeness (QED) is 0.320. The second kappa shape index (κ2) is 9.59. The number of benzene rings is 2. The Hall–Kier alpha value is -3.96. The van der Waals surface area contributed by atoms with Gasteiger partial charge in [0.05, 0.1) is 17.1 Å². The van der Waals surface area contributed by atoms with E-state index in [-0.39, 0.29) is 5.91 Å². The predicted molar refractivity (Wildman–Crippen MR) is 145 cm³/mol. The van der Waals surface area contributed by atoms with Gasteiger partial charge in [-0.05, 0) is 65.9 Å². The maximum atomic E-state index is 13.1. The van der Waals surface area contributed by atoms with Crippen LogP contribution in [0.2, 0.25) is 5.02 Å². The Kier molecular flexibility index (Phi) is 5.99. The summed E-state index contributed by atoms with van der Waals surface area (Å²) in [6, 6.07) is 20.0. The molecule has 6 rings (SSSR count). The third-order valence-corrected chi connectivity index (χ3v) is 7.26. The normalized spacial score (nSPS) is 15.2. The van der Waals surface area contributed by atoms with Gasteiger partial charge in [-0.2, -0.15) is 0 Å². The van der Waals surface area contributed by atoms with Crippen LogP contribution >= 0.6 is 11.6 Å². The molecule has 0 radical (unpaired) electrons. The first-order valence-corrected chi connectivity index (χ1v) is 12.5. The number of nitrogens with zero attached hydrogens (tertiary/aromatic N) is 4. The van der Waals surface area contributed by atoms with Crippen molar-refractivity contribution in [3.05, 3.63) is 113 Å². The third kappa shape index (κ3) is 4.38.